The van der Waals surface area contributed by atoms with Crippen molar-refractivity contribution < 1.29 is 0 Å². The summed E-state index contributed by atoms with van der Waals surface area (Å²) in [5.41, 5.74) is 1.70. The predicted molar refractivity (Wildman–Crippen MR) is 105 cm³/mol. The van der Waals surface area contributed by atoms with Crippen LogP contribution < -0.4 is 0 Å². The number of fused-ring (bicyclic) bond motifs is 1. The number of hydrogen-bond donors (Lipinski definition) is 0. The zero-order chi connectivity index (χ0) is 16.0. The molecule has 5 rings (SSSR count). The first-order valence-corrected chi connectivity index (χ1v) is 10.4. The van der Waals surface area contributed by atoms with Crippen LogP contribution in [0.15, 0.2) is 57.3 Å². The average molecular weight is 453 g/mol. The molecule has 23 heavy (non-hydrogen) atoms. The van der Waals surface area contributed by atoms with Crippen LogP contribution in [-0.2, 0) is 0 Å². The maximum atomic E-state index is 3.98. The summed E-state index contributed by atoms with van der Waals surface area (Å²) in [6.45, 7) is 6.20. The Morgan fingerprint density at radius 1 is 1.30 bits per heavy atom. The monoisotopic (exact) mass is 451 g/mol. The minimum atomic E-state index is 0.268. The van der Waals surface area contributed by atoms with Gasteiger partial charge in [0, 0.05) is 33.9 Å². The molecule has 2 saturated heterocycles. The highest BCUT2D eigenvalue weighted by atomic mass is 79.9. The molecular weight excluding hydrogens is 434 g/mol. The molecule has 1 aliphatic carbocycles. The molecule has 2 bridgehead atoms. The van der Waals surface area contributed by atoms with Crippen molar-refractivity contribution in [3.8, 4) is 0 Å². The van der Waals surface area contributed by atoms with E-state index in [4.69, 9.17) is 0 Å². The molecular formula is C19H19Br2NS. The van der Waals surface area contributed by atoms with Crippen molar-refractivity contribution in [2.45, 2.75) is 24.3 Å². The maximum absolute atomic E-state index is 3.98. The first-order valence-electron chi connectivity index (χ1n) is 7.99. The second-order valence-corrected chi connectivity index (χ2v) is 9.94. The van der Waals surface area contributed by atoms with Crippen LogP contribution in [-0.4, -0.2) is 23.5 Å². The molecule has 3 fully saturated rings. The molecule has 1 aromatic heterocycles. The number of rotatable bonds is 5. The van der Waals surface area contributed by atoms with Gasteiger partial charge in [0.15, 0.2) is 0 Å². The van der Waals surface area contributed by atoms with Crippen LogP contribution in [0.5, 0.6) is 0 Å². The Hall–Kier alpha value is -0.420. The fourth-order valence-corrected chi connectivity index (χ4v) is 6.87. The van der Waals surface area contributed by atoms with E-state index < -0.39 is 0 Å². The summed E-state index contributed by atoms with van der Waals surface area (Å²) in [6.07, 6.45) is 4.69. The summed E-state index contributed by atoms with van der Waals surface area (Å²) in [7, 11) is 0. The fourth-order valence-electron chi connectivity index (χ4n) is 4.54. The van der Waals surface area contributed by atoms with Crippen LogP contribution >= 0.6 is 43.2 Å². The second kappa shape index (κ2) is 6.14. The zero-order valence-corrected chi connectivity index (χ0v) is 16.8. The van der Waals surface area contributed by atoms with Gasteiger partial charge in [-0.2, -0.15) is 0 Å². The van der Waals surface area contributed by atoms with Gasteiger partial charge in [0.25, 0.3) is 0 Å². The van der Waals surface area contributed by atoms with Crippen LogP contribution in [0.2, 0.25) is 0 Å². The smallest absolute Gasteiger partial charge is 0.0843 e. The second-order valence-electron chi connectivity index (χ2n) is 6.69. The number of nitrogens with zero attached hydrogens (tertiary/aromatic N) is 1. The molecule has 1 atom stereocenters. The standard InChI is InChI=1S/C19H19Br2NS/c1-2-8-22-12-13-10-19(22,11-13)17(14-6-4-3-5-7-14)16-9-15(20)18(21)23-16/h2-7,9,13,17H,1,8,10-12H2. The molecule has 1 unspecified atom stereocenters. The summed E-state index contributed by atoms with van der Waals surface area (Å²) in [6, 6.07) is 13.3. The Bertz CT molecular complexity index is 699. The number of hydrogen-bond acceptors (Lipinski definition) is 2. The van der Waals surface area contributed by atoms with E-state index >= 15 is 0 Å². The average Bonchev–Trinajstić information content (AvgIpc) is 3.13. The van der Waals surface area contributed by atoms with Gasteiger partial charge in [0.1, 0.15) is 0 Å². The Morgan fingerprint density at radius 3 is 2.65 bits per heavy atom. The molecule has 3 heterocycles. The quantitative estimate of drug-likeness (QED) is 0.498. The third-order valence-electron chi connectivity index (χ3n) is 5.36. The maximum Gasteiger partial charge on any atom is 0.0843 e. The molecule has 0 spiro atoms. The lowest BCUT2D eigenvalue weighted by atomic mass is 9.63. The molecule has 2 aromatic rings. The molecule has 1 aromatic carbocycles. The van der Waals surface area contributed by atoms with Crippen molar-refractivity contribution in [1.29, 1.82) is 0 Å². The van der Waals surface area contributed by atoms with Gasteiger partial charge < -0.3 is 0 Å². The minimum absolute atomic E-state index is 0.268. The van der Waals surface area contributed by atoms with Gasteiger partial charge in [-0.15, -0.1) is 17.9 Å². The van der Waals surface area contributed by atoms with Crippen LogP contribution in [0.4, 0.5) is 0 Å². The van der Waals surface area contributed by atoms with E-state index in [1.54, 1.807) is 0 Å². The first-order chi connectivity index (χ1) is 11.1. The molecule has 120 valence electrons. The largest absolute Gasteiger partial charge is 0.293 e. The van der Waals surface area contributed by atoms with E-state index in [2.05, 4.69) is 85.8 Å². The molecule has 1 saturated carbocycles. The Morgan fingerprint density at radius 2 is 2.04 bits per heavy atom. The Kier molecular flexibility index (Phi) is 4.29. The molecule has 0 radical (unpaired) electrons. The van der Waals surface area contributed by atoms with Gasteiger partial charge in [0.05, 0.1) is 3.79 Å². The summed E-state index contributed by atoms with van der Waals surface area (Å²) in [4.78, 5) is 4.12. The highest BCUT2D eigenvalue weighted by Gasteiger charge is 2.60. The third kappa shape index (κ3) is 2.58. The lowest BCUT2D eigenvalue weighted by Gasteiger charge is -2.48. The minimum Gasteiger partial charge on any atom is -0.293 e. The van der Waals surface area contributed by atoms with E-state index in [-0.39, 0.29) is 5.54 Å². The van der Waals surface area contributed by atoms with Crippen molar-refractivity contribution in [2.24, 2.45) is 5.92 Å². The topological polar surface area (TPSA) is 3.24 Å². The zero-order valence-electron chi connectivity index (χ0n) is 12.8. The van der Waals surface area contributed by atoms with E-state index in [9.17, 15) is 0 Å². The van der Waals surface area contributed by atoms with Gasteiger partial charge in [-0.05, 0) is 62.2 Å². The summed E-state index contributed by atoms with van der Waals surface area (Å²) < 4.78 is 2.35. The normalized spacial score (nSPS) is 27.7. The van der Waals surface area contributed by atoms with E-state index in [1.807, 2.05) is 11.3 Å². The number of halogens is 2. The summed E-state index contributed by atoms with van der Waals surface area (Å²) >= 11 is 9.22. The Labute approximate surface area is 158 Å². The lowest BCUT2D eigenvalue weighted by Crippen LogP contribution is -2.51. The van der Waals surface area contributed by atoms with Gasteiger partial charge in [0.2, 0.25) is 0 Å². The van der Waals surface area contributed by atoms with Gasteiger partial charge in [-0.3, -0.25) is 4.90 Å². The molecule has 4 heteroatoms. The predicted octanol–water partition coefficient (Wildman–Crippen LogP) is 6.06. The van der Waals surface area contributed by atoms with Crippen molar-refractivity contribution in [1.82, 2.24) is 4.90 Å². The van der Waals surface area contributed by atoms with Gasteiger partial charge in [-0.1, -0.05) is 36.4 Å². The molecule has 2 aliphatic heterocycles. The van der Waals surface area contributed by atoms with Crippen molar-refractivity contribution in [3.05, 3.63) is 67.8 Å². The van der Waals surface area contributed by atoms with Crippen LogP contribution in [0.3, 0.4) is 0 Å². The van der Waals surface area contributed by atoms with Crippen molar-refractivity contribution in [3.63, 3.8) is 0 Å². The van der Waals surface area contributed by atoms with E-state index in [1.165, 1.54) is 38.1 Å². The Balaban J connectivity index is 1.81. The molecule has 0 amide bonds. The van der Waals surface area contributed by atoms with Crippen molar-refractivity contribution in [2.75, 3.05) is 13.1 Å². The third-order valence-corrected chi connectivity index (χ3v) is 8.68. The van der Waals surface area contributed by atoms with Crippen molar-refractivity contribution >= 4 is 43.2 Å². The highest BCUT2D eigenvalue weighted by molar-refractivity contribution is 9.13. The summed E-state index contributed by atoms with van der Waals surface area (Å²) in [5.74, 6) is 1.31. The number of benzene rings is 1. The van der Waals surface area contributed by atoms with Gasteiger partial charge in [-0.25, -0.2) is 0 Å². The highest BCUT2D eigenvalue weighted by Crippen LogP contribution is 2.60. The molecule has 1 nitrogen and oxygen atoms in total. The lowest BCUT2D eigenvalue weighted by molar-refractivity contribution is 0.0988. The van der Waals surface area contributed by atoms with Crippen LogP contribution in [0.1, 0.15) is 29.2 Å². The van der Waals surface area contributed by atoms with Crippen LogP contribution in [0.25, 0.3) is 0 Å². The van der Waals surface area contributed by atoms with Gasteiger partial charge >= 0.3 is 0 Å². The fraction of sp³-hybridized carbons (Fsp3) is 0.368. The molecule has 0 N–H and O–H groups in total. The number of thiophene rings is 1. The SMILES string of the molecule is C=CCN1CC2CC1(C(c1ccccc1)c1cc(Br)c(Br)s1)C2. The first kappa shape index (κ1) is 16.1. The summed E-state index contributed by atoms with van der Waals surface area (Å²) in [5, 5.41) is 0. The molecule has 3 aliphatic rings. The van der Waals surface area contributed by atoms with Crippen LogP contribution in [0, 0.1) is 5.92 Å². The van der Waals surface area contributed by atoms with E-state index in [0.29, 0.717) is 5.92 Å². The van der Waals surface area contributed by atoms with E-state index in [0.717, 1.165) is 12.5 Å².